The van der Waals surface area contributed by atoms with Crippen LogP contribution >= 0.6 is 0 Å². The van der Waals surface area contributed by atoms with Crippen molar-refractivity contribution in [2.24, 2.45) is 0 Å². The lowest BCUT2D eigenvalue weighted by atomic mass is 10.2. The van der Waals surface area contributed by atoms with Gasteiger partial charge in [0.2, 0.25) is 0 Å². The summed E-state index contributed by atoms with van der Waals surface area (Å²) in [5.41, 5.74) is 0. The van der Waals surface area contributed by atoms with E-state index in [0.717, 1.165) is 17.3 Å². The van der Waals surface area contributed by atoms with E-state index in [1.165, 1.54) is 6.92 Å². The van der Waals surface area contributed by atoms with Crippen molar-refractivity contribution in [1.29, 1.82) is 0 Å². The highest BCUT2D eigenvalue weighted by Crippen LogP contribution is 2.15. The molecule has 2 heterocycles. The Kier molecular flexibility index (Phi) is 2.46. The van der Waals surface area contributed by atoms with E-state index >= 15 is 0 Å². The molecule has 0 radical (unpaired) electrons. The van der Waals surface area contributed by atoms with Crippen LogP contribution in [0.3, 0.4) is 0 Å². The van der Waals surface area contributed by atoms with Gasteiger partial charge in [0.15, 0.2) is 11.5 Å². The smallest absolute Gasteiger partial charge is 0.194 e. The third kappa shape index (κ3) is 2.18. The van der Waals surface area contributed by atoms with Gasteiger partial charge in [0.1, 0.15) is 17.3 Å². The van der Waals surface area contributed by atoms with Gasteiger partial charge in [-0.3, -0.25) is 4.79 Å². The fourth-order valence-corrected chi connectivity index (χ4v) is 1.41. The van der Waals surface area contributed by atoms with Crippen LogP contribution in [0.2, 0.25) is 0 Å². The molecule has 0 amide bonds. The Morgan fingerprint density at radius 2 is 1.80 bits per heavy atom. The van der Waals surface area contributed by atoms with E-state index in [1.54, 1.807) is 12.1 Å². The fraction of sp³-hybridized carbons (Fsp3) is 0.250. The zero-order valence-corrected chi connectivity index (χ0v) is 8.74. The first kappa shape index (κ1) is 9.77. The lowest BCUT2D eigenvalue weighted by Gasteiger charge is -1.92. The molecule has 2 aromatic rings. The molecule has 0 saturated heterocycles. The summed E-state index contributed by atoms with van der Waals surface area (Å²) < 4.78 is 10.8. The van der Waals surface area contributed by atoms with Crippen LogP contribution in [0, 0.1) is 6.92 Å². The Morgan fingerprint density at radius 3 is 2.33 bits per heavy atom. The largest absolute Gasteiger partial charge is 0.466 e. The maximum Gasteiger partial charge on any atom is 0.194 e. The Morgan fingerprint density at radius 1 is 1.13 bits per heavy atom. The van der Waals surface area contributed by atoms with Crippen LogP contribution in [0.1, 0.15) is 34.8 Å². The molecule has 0 fully saturated rings. The van der Waals surface area contributed by atoms with Gasteiger partial charge in [0.05, 0.1) is 6.42 Å². The molecule has 0 bridgehead atoms. The third-order valence-electron chi connectivity index (χ3n) is 2.15. The second-order valence-electron chi connectivity index (χ2n) is 3.51. The van der Waals surface area contributed by atoms with Crippen LogP contribution in [-0.2, 0) is 6.42 Å². The van der Waals surface area contributed by atoms with Gasteiger partial charge in [-0.05, 0) is 31.2 Å². The Labute approximate surface area is 87.7 Å². The molecule has 15 heavy (non-hydrogen) atoms. The molecule has 0 aliphatic heterocycles. The van der Waals surface area contributed by atoms with Gasteiger partial charge in [0.25, 0.3) is 0 Å². The first-order valence-corrected chi connectivity index (χ1v) is 4.80. The number of hydrogen-bond acceptors (Lipinski definition) is 3. The summed E-state index contributed by atoms with van der Waals surface area (Å²) >= 11 is 0. The minimum absolute atomic E-state index is 0.0584. The fourth-order valence-electron chi connectivity index (χ4n) is 1.41. The molecule has 0 aliphatic carbocycles. The molecule has 0 aromatic carbocycles. The maximum absolute atomic E-state index is 11.0. The monoisotopic (exact) mass is 204 g/mol. The van der Waals surface area contributed by atoms with Crippen LogP contribution < -0.4 is 0 Å². The van der Waals surface area contributed by atoms with E-state index < -0.39 is 0 Å². The minimum Gasteiger partial charge on any atom is -0.466 e. The number of hydrogen-bond donors (Lipinski definition) is 0. The lowest BCUT2D eigenvalue weighted by molar-refractivity contribution is 0.0985. The zero-order valence-electron chi connectivity index (χ0n) is 8.74. The molecule has 0 spiro atoms. The molecule has 3 heteroatoms. The van der Waals surface area contributed by atoms with E-state index in [-0.39, 0.29) is 5.78 Å². The van der Waals surface area contributed by atoms with Gasteiger partial charge in [-0.2, -0.15) is 0 Å². The van der Waals surface area contributed by atoms with Gasteiger partial charge in [-0.15, -0.1) is 0 Å². The second kappa shape index (κ2) is 3.77. The van der Waals surface area contributed by atoms with E-state index in [4.69, 9.17) is 8.83 Å². The number of carbonyl (C=O) groups excluding carboxylic acids is 1. The van der Waals surface area contributed by atoms with Crippen molar-refractivity contribution in [2.75, 3.05) is 0 Å². The summed E-state index contributed by atoms with van der Waals surface area (Å²) in [5, 5.41) is 0. The molecule has 78 valence electrons. The average molecular weight is 204 g/mol. The Bertz CT molecular complexity index is 477. The molecule has 0 saturated carbocycles. The number of ketones is 1. The predicted octanol–water partition coefficient (Wildman–Crippen LogP) is 2.97. The minimum atomic E-state index is -0.0584. The molecule has 0 atom stereocenters. The quantitative estimate of drug-likeness (QED) is 0.722. The molecule has 3 nitrogen and oxygen atoms in total. The van der Waals surface area contributed by atoms with Crippen LogP contribution in [0.15, 0.2) is 33.1 Å². The number of carbonyl (C=O) groups is 1. The topological polar surface area (TPSA) is 43.4 Å². The predicted molar refractivity (Wildman–Crippen MR) is 55.0 cm³/mol. The molecule has 2 aromatic heterocycles. The highest BCUT2D eigenvalue weighted by atomic mass is 16.4. The number of furan rings is 2. The highest BCUT2D eigenvalue weighted by molar-refractivity contribution is 5.91. The maximum atomic E-state index is 11.0. The lowest BCUT2D eigenvalue weighted by Crippen LogP contribution is -1.87. The van der Waals surface area contributed by atoms with Crippen molar-refractivity contribution in [3.8, 4) is 0 Å². The van der Waals surface area contributed by atoms with Crippen LogP contribution in [0.5, 0.6) is 0 Å². The van der Waals surface area contributed by atoms with Crippen molar-refractivity contribution >= 4 is 5.78 Å². The van der Waals surface area contributed by atoms with E-state index in [9.17, 15) is 4.79 Å². The molecule has 0 N–H and O–H groups in total. The summed E-state index contributed by atoms with van der Waals surface area (Å²) in [7, 11) is 0. The van der Waals surface area contributed by atoms with E-state index in [2.05, 4.69) is 0 Å². The summed E-state index contributed by atoms with van der Waals surface area (Å²) in [6.45, 7) is 3.38. The summed E-state index contributed by atoms with van der Waals surface area (Å²) in [5.74, 6) is 2.81. The summed E-state index contributed by atoms with van der Waals surface area (Å²) in [6, 6.07) is 7.30. The summed E-state index contributed by atoms with van der Waals surface area (Å²) in [4.78, 5) is 11.0. The highest BCUT2D eigenvalue weighted by Gasteiger charge is 2.08. The molecule has 0 unspecified atom stereocenters. The molecule has 0 aliphatic rings. The van der Waals surface area contributed by atoms with E-state index in [0.29, 0.717) is 12.2 Å². The van der Waals surface area contributed by atoms with Crippen molar-refractivity contribution in [3.63, 3.8) is 0 Å². The first-order valence-electron chi connectivity index (χ1n) is 4.80. The van der Waals surface area contributed by atoms with Gasteiger partial charge in [-0.25, -0.2) is 0 Å². The second-order valence-corrected chi connectivity index (χ2v) is 3.51. The van der Waals surface area contributed by atoms with Gasteiger partial charge in [0, 0.05) is 6.92 Å². The Hall–Kier alpha value is -1.77. The van der Waals surface area contributed by atoms with Crippen molar-refractivity contribution < 1.29 is 13.6 Å². The molecular formula is C12H12O3. The van der Waals surface area contributed by atoms with Crippen molar-refractivity contribution in [1.82, 2.24) is 0 Å². The Balaban J connectivity index is 2.14. The zero-order chi connectivity index (χ0) is 10.8. The normalized spacial score (nSPS) is 10.5. The average Bonchev–Trinajstić information content (AvgIpc) is 2.76. The SMILES string of the molecule is CC(=O)c1ccc(Cc2ccc(C)o2)o1. The van der Waals surface area contributed by atoms with Gasteiger partial charge >= 0.3 is 0 Å². The van der Waals surface area contributed by atoms with Crippen molar-refractivity contribution in [2.45, 2.75) is 20.3 Å². The third-order valence-corrected chi connectivity index (χ3v) is 2.15. The van der Waals surface area contributed by atoms with Crippen LogP contribution in [-0.4, -0.2) is 5.78 Å². The van der Waals surface area contributed by atoms with E-state index in [1.807, 2.05) is 19.1 Å². The number of aryl methyl sites for hydroxylation is 1. The molecular weight excluding hydrogens is 192 g/mol. The van der Waals surface area contributed by atoms with Gasteiger partial charge in [-0.1, -0.05) is 0 Å². The van der Waals surface area contributed by atoms with Crippen LogP contribution in [0.25, 0.3) is 0 Å². The summed E-state index contributed by atoms with van der Waals surface area (Å²) in [6.07, 6.45) is 0.584. The number of Topliss-reactive ketones (excluding diaryl/α,β-unsaturated/α-hetero) is 1. The first-order chi connectivity index (χ1) is 7.15. The standard InChI is InChI=1S/C12H12O3/c1-8-3-4-10(14-8)7-11-5-6-12(15-11)9(2)13/h3-6H,7H2,1-2H3. The van der Waals surface area contributed by atoms with Gasteiger partial charge < -0.3 is 8.83 Å². The van der Waals surface area contributed by atoms with Crippen molar-refractivity contribution in [3.05, 3.63) is 47.3 Å². The van der Waals surface area contributed by atoms with Crippen LogP contribution in [0.4, 0.5) is 0 Å². The number of rotatable bonds is 3. The molecule has 2 rings (SSSR count).